The predicted octanol–water partition coefficient (Wildman–Crippen LogP) is 1.91. The molecule has 1 aliphatic carbocycles. The molecule has 1 aliphatic heterocycles. The lowest BCUT2D eigenvalue weighted by Crippen LogP contribution is -2.17. The van der Waals surface area contributed by atoms with Gasteiger partial charge in [-0.2, -0.15) is 0 Å². The van der Waals surface area contributed by atoms with Gasteiger partial charge in [0.25, 0.3) is 0 Å². The van der Waals surface area contributed by atoms with E-state index in [2.05, 4.69) is 5.16 Å². The van der Waals surface area contributed by atoms with Gasteiger partial charge in [-0.15, -0.1) is 0 Å². The number of hydrogen-bond acceptors (Lipinski definition) is 4. The van der Waals surface area contributed by atoms with Crippen LogP contribution < -0.4 is 0 Å². The quantitative estimate of drug-likeness (QED) is 0.324. The first-order valence-corrected chi connectivity index (χ1v) is 5.97. The number of rotatable bonds is 2. The predicted molar refractivity (Wildman–Crippen MR) is 67.2 cm³/mol. The van der Waals surface area contributed by atoms with Crippen LogP contribution >= 0.6 is 0 Å². The van der Waals surface area contributed by atoms with Crippen LogP contribution in [0.1, 0.15) is 20.8 Å². The van der Waals surface area contributed by atoms with Crippen molar-refractivity contribution in [2.45, 2.75) is 20.8 Å². The van der Waals surface area contributed by atoms with Crippen molar-refractivity contribution in [1.29, 1.82) is 0 Å². The van der Waals surface area contributed by atoms with Crippen LogP contribution in [0.4, 0.5) is 4.79 Å². The fourth-order valence-corrected chi connectivity index (χ4v) is 1.61. The summed E-state index contributed by atoms with van der Waals surface area (Å²) in [6.07, 6.45) is 2.78. The van der Waals surface area contributed by atoms with Gasteiger partial charge in [0, 0.05) is 18.7 Å². The molecule has 0 saturated carbocycles. The molecule has 18 heavy (non-hydrogen) atoms. The van der Waals surface area contributed by atoms with Gasteiger partial charge in [0.2, 0.25) is 0 Å². The van der Waals surface area contributed by atoms with Gasteiger partial charge >= 0.3 is 6.09 Å². The van der Waals surface area contributed by atoms with Gasteiger partial charge in [0.15, 0.2) is 5.78 Å². The molecule has 2 rings (SSSR count). The van der Waals surface area contributed by atoms with Crippen molar-refractivity contribution in [3.63, 3.8) is 0 Å². The van der Waals surface area contributed by atoms with Crippen molar-refractivity contribution < 1.29 is 14.4 Å². The Hall–Kier alpha value is -1.91. The Morgan fingerprint density at radius 2 is 2.06 bits per heavy atom. The number of amides is 1. The highest BCUT2D eigenvalue weighted by Crippen LogP contribution is 2.19. The first-order chi connectivity index (χ1) is 8.49. The van der Waals surface area contributed by atoms with Crippen LogP contribution in [0, 0.1) is 5.92 Å². The van der Waals surface area contributed by atoms with E-state index in [1.54, 1.807) is 13.0 Å². The second-order valence-electron chi connectivity index (χ2n) is 4.77. The Balaban J connectivity index is 2.14. The van der Waals surface area contributed by atoms with Crippen molar-refractivity contribution in [3.05, 3.63) is 23.3 Å². The fraction of sp³-hybridized carbons (Fsp3) is 0.462. The summed E-state index contributed by atoms with van der Waals surface area (Å²) >= 11 is 0. The largest absolute Gasteiger partial charge is 0.436 e. The van der Waals surface area contributed by atoms with Crippen molar-refractivity contribution in [2.24, 2.45) is 11.1 Å². The molecule has 1 amide bonds. The highest BCUT2D eigenvalue weighted by atomic mass is 16.7. The highest BCUT2D eigenvalue weighted by molar-refractivity contribution is 6.21. The second-order valence-corrected chi connectivity index (χ2v) is 4.77. The molecule has 5 heteroatoms. The number of ketones is 1. The van der Waals surface area contributed by atoms with Crippen LogP contribution in [0.15, 0.2) is 28.5 Å². The van der Waals surface area contributed by atoms with E-state index >= 15 is 0 Å². The molecule has 0 aromatic heterocycles. The van der Waals surface area contributed by atoms with Crippen LogP contribution in [-0.4, -0.2) is 35.6 Å². The van der Waals surface area contributed by atoms with Gasteiger partial charge in [0.05, 0.1) is 0 Å². The molecule has 96 valence electrons. The summed E-state index contributed by atoms with van der Waals surface area (Å²) in [5, 5.41) is 3.82. The maximum Gasteiger partial charge on any atom is 0.436 e. The maximum atomic E-state index is 11.7. The van der Waals surface area contributed by atoms with Gasteiger partial charge in [-0.1, -0.05) is 19.0 Å². The number of carbonyl (C=O) groups is 2. The first kappa shape index (κ1) is 12.5. The molecule has 0 spiro atoms. The second kappa shape index (κ2) is 4.76. The van der Waals surface area contributed by atoms with E-state index in [1.165, 1.54) is 11.0 Å². The topological polar surface area (TPSA) is 58.7 Å². The Labute approximate surface area is 106 Å². The number of allylic oxidation sites excluding steroid dienone is 4. The maximum absolute atomic E-state index is 11.7. The molecular formula is C13H16N2O3. The summed E-state index contributed by atoms with van der Waals surface area (Å²) in [7, 11) is 0. The minimum Gasteiger partial charge on any atom is -0.303 e. The number of carbonyl (C=O) groups excluding carboxylic acids is 2. The minimum atomic E-state index is -0.438. The number of oxime groups is 1. The third kappa shape index (κ3) is 2.67. The molecule has 0 atom stereocenters. The van der Waals surface area contributed by atoms with E-state index in [9.17, 15) is 9.59 Å². The van der Waals surface area contributed by atoms with Gasteiger partial charge in [-0.05, 0) is 30.6 Å². The standard InChI is InChI=1S/C13H16N2O3/c1-8(2)10-7-11(9(3)6-12(10)16)14-18-13(17)15-4-5-15/h6-8H,4-5H2,1-3H3/b14-11-. The first-order valence-electron chi connectivity index (χ1n) is 5.97. The average Bonchev–Trinajstić information content (AvgIpc) is 3.10. The number of hydrogen-bond donors (Lipinski definition) is 0. The van der Waals surface area contributed by atoms with E-state index in [0.29, 0.717) is 16.9 Å². The van der Waals surface area contributed by atoms with E-state index in [4.69, 9.17) is 4.84 Å². The molecule has 1 fully saturated rings. The molecule has 0 N–H and O–H groups in total. The van der Waals surface area contributed by atoms with Gasteiger partial charge < -0.3 is 4.90 Å². The van der Waals surface area contributed by atoms with E-state index in [0.717, 1.165) is 13.1 Å². The zero-order valence-corrected chi connectivity index (χ0v) is 10.8. The molecule has 1 heterocycles. The summed E-state index contributed by atoms with van der Waals surface area (Å²) in [5.41, 5.74) is 1.93. The summed E-state index contributed by atoms with van der Waals surface area (Å²) in [5.74, 6) is 0.119. The van der Waals surface area contributed by atoms with Crippen molar-refractivity contribution in [3.8, 4) is 0 Å². The van der Waals surface area contributed by atoms with Crippen LogP contribution in [0.25, 0.3) is 0 Å². The molecule has 5 nitrogen and oxygen atoms in total. The lowest BCUT2D eigenvalue weighted by atomic mass is 9.90. The number of nitrogens with zero attached hydrogens (tertiary/aromatic N) is 2. The van der Waals surface area contributed by atoms with Crippen LogP contribution in [0.3, 0.4) is 0 Å². The summed E-state index contributed by atoms with van der Waals surface area (Å²) in [6, 6.07) is 0. The molecule has 2 aliphatic rings. The monoisotopic (exact) mass is 248 g/mol. The molecule has 0 bridgehead atoms. The highest BCUT2D eigenvalue weighted by Gasteiger charge is 2.26. The van der Waals surface area contributed by atoms with Crippen molar-refractivity contribution in [2.75, 3.05) is 13.1 Å². The van der Waals surface area contributed by atoms with Crippen molar-refractivity contribution in [1.82, 2.24) is 4.90 Å². The van der Waals surface area contributed by atoms with Crippen molar-refractivity contribution >= 4 is 17.6 Å². The third-order valence-electron chi connectivity index (χ3n) is 2.88. The molecule has 0 aromatic carbocycles. The molecule has 0 unspecified atom stereocenters. The fourth-order valence-electron chi connectivity index (χ4n) is 1.61. The zero-order valence-electron chi connectivity index (χ0n) is 10.8. The SMILES string of the molecule is CC1=CC(=O)C(C(C)C)=C/C1=N/OC(=O)N1CC1. The lowest BCUT2D eigenvalue weighted by molar-refractivity contribution is -0.111. The van der Waals surface area contributed by atoms with Gasteiger partial charge in [-0.25, -0.2) is 4.79 Å². The Kier molecular flexibility index (Phi) is 3.32. The molecule has 0 aromatic rings. The molecule has 0 radical (unpaired) electrons. The summed E-state index contributed by atoms with van der Waals surface area (Å²) in [4.78, 5) is 29.4. The minimum absolute atomic E-state index is 0.00119. The Morgan fingerprint density at radius 1 is 1.39 bits per heavy atom. The zero-order chi connectivity index (χ0) is 13.3. The summed E-state index contributed by atoms with van der Waals surface area (Å²) < 4.78 is 0. The smallest absolute Gasteiger partial charge is 0.303 e. The van der Waals surface area contributed by atoms with Gasteiger partial charge in [0.1, 0.15) is 5.71 Å². The van der Waals surface area contributed by atoms with E-state index < -0.39 is 6.09 Å². The molecular weight excluding hydrogens is 232 g/mol. The normalized spacial score (nSPS) is 21.0. The molecule has 1 saturated heterocycles. The summed E-state index contributed by atoms with van der Waals surface area (Å²) in [6.45, 7) is 7.11. The van der Waals surface area contributed by atoms with E-state index in [1.807, 2.05) is 13.8 Å². The average molecular weight is 248 g/mol. The Bertz CT molecular complexity index is 482. The van der Waals surface area contributed by atoms with Crippen LogP contribution in [-0.2, 0) is 9.63 Å². The lowest BCUT2D eigenvalue weighted by Gasteiger charge is -2.14. The van der Waals surface area contributed by atoms with E-state index in [-0.39, 0.29) is 11.7 Å². The van der Waals surface area contributed by atoms with Crippen LogP contribution in [0.2, 0.25) is 0 Å². The Morgan fingerprint density at radius 3 is 2.61 bits per heavy atom. The third-order valence-corrected chi connectivity index (χ3v) is 2.88. The van der Waals surface area contributed by atoms with Gasteiger partial charge in [-0.3, -0.25) is 9.63 Å². The van der Waals surface area contributed by atoms with Crippen LogP contribution in [0.5, 0.6) is 0 Å².